The Hall–Kier alpha value is -3.16. The minimum absolute atomic E-state index is 0.0260. The van der Waals surface area contributed by atoms with Gasteiger partial charge in [0, 0.05) is 36.3 Å². The van der Waals surface area contributed by atoms with Crippen LogP contribution in [0.2, 0.25) is 0 Å². The normalized spacial score (nSPS) is 14.2. The third kappa shape index (κ3) is 5.00. The highest BCUT2D eigenvalue weighted by Crippen LogP contribution is 2.29. The number of amides is 2. The van der Waals surface area contributed by atoms with Gasteiger partial charge < -0.3 is 19.6 Å². The summed E-state index contributed by atoms with van der Waals surface area (Å²) in [7, 11) is 1.56. The van der Waals surface area contributed by atoms with Gasteiger partial charge in [-0.25, -0.2) is 4.79 Å². The molecular weight excluding hydrogens is 424 g/mol. The highest BCUT2D eigenvalue weighted by atomic mass is 32.1. The Bertz CT molecular complexity index is 1080. The van der Waals surface area contributed by atoms with Crippen LogP contribution in [0.15, 0.2) is 66.0 Å². The molecule has 2 aromatic carbocycles. The molecule has 1 N–H and O–H groups in total. The Morgan fingerprint density at radius 3 is 2.81 bits per heavy atom. The van der Waals surface area contributed by atoms with E-state index in [1.807, 2.05) is 70.9 Å². The third-order valence-corrected chi connectivity index (χ3v) is 6.65. The number of fused-ring (bicyclic) bond motifs is 1. The number of hydrogen-bond donors (Lipinski definition) is 1. The van der Waals surface area contributed by atoms with Gasteiger partial charge in [0.1, 0.15) is 0 Å². The van der Waals surface area contributed by atoms with Gasteiger partial charge in [-0.2, -0.15) is 0 Å². The molecule has 1 aliphatic heterocycles. The molecular formula is C25H26N2O4S. The van der Waals surface area contributed by atoms with Gasteiger partial charge in [0.15, 0.2) is 0 Å². The van der Waals surface area contributed by atoms with Gasteiger partial charge in [-0.05, 0) is 53.6 Å². The zero-order valence-electron chi connectivity index (χ0n) is 17.9. The van der Waals surface area contributed by atoms with Crippen LogP contribution >= 0.6 is 11.3 Å². The molecule has 6 nitrogen and oxygen atoms in total. The van der Waals surface area contributed by atoms with Crippen LogP contribution in [0.1, 0.15) is 38.9 Å². The predicted octanol–water partition coefficient (Wildman–Crippen LogP) is 5.21. The van der Waals surface area contributed by atoms with Crippen LogP contribution in [0, 0.1) is 0 Å². The Morgan fingerprint density at radius 2 is 2.03 bits per heavy atom. The number of carboxylic acid groups (broad SMARTS) is 1. The Balaban J connectivity index is 1.45. The fourth-order valence-corrected chi connectivity index (χ4v) is 4.68. The molecule has 0 radical (unpaired) electrons. The first-order chi connectivity index (χ1) is 15.5. The van der Waals surface area contributed by atoms with Crippen molar-refractivity contribution in [1.29, 1.82) is 0 Å². The van der Waals surface area contributed by atoms with Crippen LogP contribution < -0.4 is 4.90 Å². The third-order valence-electron chi connectivity index (χ3n) is 5.68. The van der Waals surface area contributed by atoms with E-state index in [1.54, 1.807) is 18.4 Å². The number of nitrogens with zero attached hydrogens (tertiary/aromatic N) is 2. The molecule has 0 spiro atoms. The van der Waals surface area contributed by atoms with Crippen molar-refractivity contribution in [3.63, 3.8) is 0 Å². The van der Waals surface area contributed by atoms with Gasteiger partial charge in [-0.3, -0.25) is 4.79 Å². The van der Waals surface area contributed by atoms with Gasteiger partial charge in [0.2, 0.25) is 0 Å². The van der Waals surface area contributed by atoms with E-state index in [-0.39, 0.29) is 12.0 Å². The lowest BCUT2D eigenvalue weighted by Crippen LogP contribution is -2.37. The number of anilines is 1. The number of hydrogen-bond acceptors (Lipinski definition) is 4. The molecule has 7 heteroatoms. The van der Waals surface area contributed by atoms with Crippen molar-refractivity contribution in [3.8, 4) is 0 Å². The molecule has 1 aliphatic rings. The summed E-state index contributed by atoms with van der Waals surface area (Å²) in [5, 5.41) is 11.1. The summed E-state index contributed by atoms with van der Waals surface area (Å²) < 4.78 is 6.22. The largest absolute Gasteiger partial charge is 0.465 e. The molecule has 1 atom stereocenters. The van der Waals surface area contributed by atoms with Crippen molar-refractivity contribution in [2.75, 3.05) is 25.0 Å². The number of carbonyl (C=O) groups is 2. The van der Waals surface area contributed by atoms with Crippen LogP contribution in [-0.4, -0.2) is 42.1 Å². The lowest BCUT2D eigenvalue weighted by Gasteiger charge is -2.29. The summed E-state index contributed by atoms with van der Waals surface area (Å²) in [5.74, 6) is 0.0260. The molecule has 4 rings (SSSR count). The predicted molar refractivity (Wildman–Crippen MR) is 125 cm³/mol. The molecule has 0 aliphatic carbocycles. The van der Waals surface area contributed by atoms with Crippen LogP contribution in [0.4, 0.5) is 10.5 Å². The van der Waals surface area contributed by atoms with Crippen LogP contribution in [-0.2, 0) is 17.8 Å². The molecule has 3 aromatic rings. The maximum absolute atomic E-state index is 13.0. The first-order valence-electron chi connectivity index (χ1n) is 10.6. The van der Waals surface area contributed by atoms with Gasteiger partial charge in [-0.1, -0.05) is 36.4 Å². The van der Waals surface area contributed by atoms with E-state index in [1.165, 1.54) is 4.90 Å². The maximum Gasteiger partial charge on any atom is 0.407 e. The summed E-state index contributed by atoms with van der Waals surface area (Å²) in [6.45, 7) is 1.42. The fraction of sp³-hybridized carbons (Fsp3) is 0.280. The van der Waals surface area contributed by atoms with Crippen LogP contribution in [0.25, 0.3) is 0 Å². The second kappa shape index (κ2) is 9.97. The average molecular weight is 451 g/mol. The van der Waals surface area contributed by atoms with Gasteiger partial charge in [0.25, 0.3) is 5.91 Å². The fourth-order valence-electron chi connectivity index (χ4n) is 3.87. The number of benzene rings is 2. The van der Waals surface area contributed by atoms with E-state index in [0.29, 0.717) is 26.1 Å². The first kappa shape index (κ1) is 22.0. The lowest BCUT2D eigenvalue weighted by atomic mass is 9.98. The summed E-state index contributed by atoms with van der Waals surface area (Å²) in [5.41, 5.74) is 3.70. The van der Waals surface area contributed by atoms with Crippen LogP contribution in [0.3, 0.4) is 0 Å². The van der Waals surface area contributed by atoms with Crippen molar-refractivity contribution in [2.24, 2.45) is 0 Å². The molecule has 1 aromatic heterocycles. The van der Waals surface area contributed by atoms with E-state index in [4.69, 9.17) is 9.84 Å². The van der Waals surface area contributed by atoms with Crippen molar-refractivity contribution >= 4 is 29.0 Å². The molecule has 0 saturated heterocycles. The van der Waals surface area contributed by atoms with Gasteiger partial charge in [0.05, 0.1) is 12.7 Å². The minimum atomic E-state index is -0.949. The number of rotatable bonds is 8. The summed E-state index contributed by atoms with van der Waals surface area (Å²) in [4.78, 5) is 28.3. The molecule has 32 heavy (non-hydrogen) atoms. The zero-order valence-corrected chi connectivity index (χ0v) is 18.8. The van der Waals surface area contributed by atoms with Crippen molar-refractivity contribution in [1.82, 2.24) is 4.90 Å². The molecule has 0 saturated carbocycles. The van der Waals surface area contributed by atoms with Crippen molar-refractivity contribution < 1.29 is 19.4 Å². The topological polar surface area (TPSA) is 70.1 Å². The second-order valence-electron chi connectivity index (χ2n) is 7.84. The standard InChI is InChI=1S/C25H26N2O4S/c1-26(25(29)30)13-12-22(23-10-5-15-32-23)31-17-18-6-4-8-20(16-18)27-14-11-19-7-2-3-9-21(19)24(27)28/h2-10,15-16,22H,11-14,17H2,1H3,(H,29,30). The van der Waals surface area contributed by atoms with Crippen molar-refractivity contribution in [2.45, 2.75) is 25.6 Å². The van der Waals surface area contributed by atoms with E-state index in [2.05, 4.69) is 0 Å². The molecule has 166 valence electrons. The highest BCUT2D eigenvalue weighted by molar-refractivity contribution is 7.10. The summed E-state index contributed by atoms with van der Waals surface area (Å²) in [6, 6.07) is 19.6. The Labute approximate surface area is 191 Å². The van der Waals surface area contributed by atoms with Gasteiger partial charge >= 0.3 is 6.09 Å². The highest BCUT2D eigenvalue weighted by Gasteiger charge is 2.25. The van der Waals surface area contributed by atoms with E-state index < -0.39 is 6.09 Å². The maximum atomic E-state index is 13.0. The van der Waals surface area contributed by atoms with Crippen molar-refractivity contribution in [3.05, 3.63) is 87.6 Å². The Kier molecular flexibility index (Phi) is 6.87. The lowest BCUT2D eigenvalue weighted by molar-refractivity contribution is 0.0310. The molecule has 1 unspecified atom stereocenters. The zero-order chi connectivity index (χ0) is 22.5. The molecule has 0 bridgehead atoms. The average Bonchev–Trinajstić information content (AvgIpc) is 3.34. The smallest absolute Gasteiger partial charge is 0.407 e. The molecule has 2 heterocycles. The molecule has 0 fully saturated rings. The van der Waals surface area contributed by atoms with E-state index >= 15 is 0 Å². The summed E-state index contributed by atoms with van der Waals surface area (Å²) >= 11 is 1.60. The first-order valence-corrected chi connectivity index (χ1v) is 11.5. The SMILES string of the molecule is CN(CCC(OCc1cccc(N2CCc3ccccc3C2=O)c1)c1cccs1)C(=O)O. The monoisotopic (exact) mass is 450 g/mol. The quantitative estimate of drug-likeness (QED) is 0.512. The number of carbonyl (C=O) groups excluding carboxylic acids is 1. The van der Waals surface area contributed by atoms with Gasteiger partial charge in [-0.15, -0.1) is 11.3 Å². The van der Waals surface area contributed by atoms with E-state index in [9.17, 15) is 9.59 Å². The summed E-state index contributed by atoms with van der Waals surface area (Å²) in [6.07, 6.45) is 0.268. The van der Waals surface area contributed by atoms with E-state index in [0.717, 1.165) is 33.7 Å². The molecule has 2 amide bonds. The minimum Gasteiger partial charge on any atom is -0.465 e. The second-order valence-corrected chi connectivity index (χ2v) is 8.82. The Morgan fingerprint density at radius 1 is 1.19 bits per heavy atom. The number of ether oxygens (including phenoxy) is 1. The van der Waals surface area contributed by atoms with Crippen LogP contribution in [0.5, 0.6) is 0 Å². The number of thiophene rings is 1.